The van der Waals surface area contributed by atoms with E-state index in [0.717, 1.165) is 6.42 Å². The molecule has 5 rings (SSSR count). The lowest BCUT2D eigenvalue weighted by Crippen LogP contribution is -2.47. The summed E-state index contributed by atoms with van der Waals surface area (Å²) in [4.78, 5) is 25.8. The van der Waals surface area contributed by atoms with Gasteiger partial charge in [0.25, 0.3) is 0 Å². The minimum Gasteiger partial charge on any atom is -0.366 e. The molecule has 1 aromatic heterocycles. The second-order valence-corrected chi connectivity index (χ2v) is 10.9. The number of thioether (sulfide) groups is 1. The first-order valence-electron chi connectivity index (χ1n) is 13.4. The van der Waals surface area contributed by atoms with E-state index in [9.17, 15) is 9.18 Å². The van der Waals surface area contributed by atoms with Gasteiger partial charge in [-0.15, -0.1) is 0 Å². The van der Waals surface area contributed by atoms with Crippen LogP contribution in [0.5, 0.6) is 0 Å². The molecule has 0 aliphatic carbocycles. The van der Waals surface area contributed by atoms with Crippen LogP contribution in [0.2, 0.25) is 5.15 Å². The van der Waals surface area contributed by atoms with Crippen molar-refractivity contribution >= 4 is 40.8 Å². The second-order valence-electron chi connectivity index (χ2n) is 9.56. The average Bonchev–Trinajstić information content (AvgIpc) is 2.99. The lowest BCUT2D eigenvalue weighted by atomic mass is 9.88. The summed E-state index contributed by atoms with van der Waals surface area (Å²) in [5, 5.41) is 3.84. The number of aromatic nitrogens is 2. The number of para-hydroxylation sites is 1. The fourth-order valence-corrected chi connectivity index (χ4v) is 5.84. The standard InChI is InChI=1S/C31H31ClFN5OS/c32-28-21-29(38-19-17-37(18-20-38)27-14-8-7-13-26(27)33)36-31(35-28)40-22-30(39)34-16-15-25(23-9-3-1-4-10-23)24-11-5-2-6-12-24/h1-14,21,25H,15-20,22H2,(H,34,39). The maximum Gasteiger partial charge on any atom is 0.230 e. The number of nitrogens with one attached hydrogen (secondary N) is 1. The number of amides is 1. The van der Waals surface area contributed by atoms with Crippen LogP contribution in [-0.4, -0.2) is 54.4 Å². The molecular formula is C31H31ClFN5OS. The van der Waals surface area contributed by atoms with E-state index >= 15 is 0 Å². The highest BCUT2D eigenvalue weighted by atomic mass is 35.5. The Morgan fingerprint density at radius 1 is 0.875 bits per heavy atom. The maximum atomic E-state index is 14.2. The first-order chi connectivity index (χ1) is 19.6. The molecule has 3 aromatic carbocycles. The Balaban J connectivity index is 1.13. The molecule has 1 N–H and O–H groups in total. The molecule has 4 aromatic rings. The van der Waals surface area contributed by atoms with Crippen LogP contribution in [0.3, 0.4) is 0 Å². The number of benzene rings is 3. The van der Waals surface area contributed by atoms with Crippen molar-refractivity contribution in [2.75, 3.05) is 48.3 Å². The van der Waals surface area contributed by atoms with Crippen molar-refractivity contribution < 1.29 is 9.18 Å². The first-order valence-corrected chi connectivity index (χ1v) is 14.7. The largest absolute Gasteiger partial charge is 0.366 e. The summed E-state index contributed by atoms with van der Waals surface area (Å²) in [6.45, 7) is 3.25. The van der Waals surface area contributed by atoms with Gasteiger partial charge in [0.15, 0.2) is 5.16 Å². The van der Waals surface area contributed by atoms with Crippen molar-refractivity contribution in [1.29, 1.82) is 0 Å². The molecule has 1 fully saturated rings. The van der Waals surface area contributed by atoms with Crippen LogP contribution in [0.4, 0.5) is 15.9 Å². The van der Waals surface area contributed by atoms with E-state index in [2.05, 4.69) is 44.5 Å². The predicted octanol–water partition coefficient (Wildman–Crippen LogP) is 6.03. The van der Waals surface area contributed by atoms with Gasteiger partial charge >= 0.3 is 0 Å². The van der Waals surface area contributed by atoms with Crippen LogP contribution in [0.25, 0.3) is 0 Å². The Hall–Kier alpha value is -3.62. The maximum absolute atomic E-state index is 14.2. The van der Waals surface area contributed by atoms with Crippen molar-refractivity contribution in [2.24, 2.45) is 0 Å². The van der Waals surface area contributed by atoms with Gasteiger partial charge in [0.05, 0.1) is 11.4 Å². The lowest BCUT2D eigenvalue weighted by Gasteiger charge is -2.36. The molecule has 2 heterocycles. The normalized spacial score (nSPS) is 13.5. The third-order valence-corrected chi connectivity index (χ3v) is 7.99. The minimum atomic E-state index is -0.214. The number of hydrogen-bond acceptors (Lipinski definition) is 6. The molecule has 0 atom stereocenters. The number of piperazine rings is 1. The molecule has 0 saturated carbocycles. The van der Waals surface area contributed by atoms with Gasteiger partial charge in [-0.05, 0) is 29.7 Å². The minimum absolute atomic E-state index is 0.0755. The van der Waals surface area contributed by atoms with Crippen molar-refractivity contribution in [1.82, 2.24) is 15.3 Å². The zero-order valence-electron chi connectivity index (χ0n) is 22.0. The van der Waals surface area contributed by atoms with Gasteiger partial charge in [-0.1, -0.05) is 96.2 Å². The number of carbonyl (C=O) groups excluding carboxylic acids is 1. The van der Waals surface area contributed by atoms with E-state index in [1.54, 1.807) is 18.2 Å². The van der Waals surface area contributed by atoms with E-state index in [1.807, 2.05) is 47.4 Å². The highest BCUT2D eigenvalue weighted by molar-refractivity contribution is 7.99. The van der Waals surface area contributed by atoms with Crippen LogP contribution in [0.15, 0.2) is 96.2 Å². The van der Waals surface area contributed by atoms with Crippen LogP contribution in [0, 0.1) is 5.82 Å². The highest BCUT2D eigenvalue weighted by Crippen LogP contribution is 2.28. The Bertz CT molecular complexity index is 1360. The highest BCUT2D eigenvalue weighted by Gasteiger charge is 2.21. The zero-order valence-corrected chi connectivity index (χ0v) is 23.6. The molecule has 6 nitrogen and oxygen atoms in total. The molecule has 40 heavy (non-hydrogen) atoms. The third-order valence-electron chi connectivity index (χ3n) is 6.95. The molecule has 0 spiro atoms. The second kappa shape index (κ2) is 13.6. The Labute approximate surface area is 243 Å². The molecule has 206 valence electrons. The topological polar surface area (TPSA) is 61.4 Å². The van der Waals surface area contributed by atoms with Crippen LogP contribution >= 0.6 is 23.4 Å². The number of carbonyl (C=O) groups is 1. The summed E-state index contributed by atoms with van der Waals surface area (Å²) in [5.41, 5.74) is 3.07. The number of nitrogens with zero attached hydrogens (tertiary/aromatic N) is 4. The molecular weight excluding hydrogens is 545 g/mol. The molecule has 0 bridgehead atoms. The summed E-state index contributed by atoms with van der Waals surface area (Å²) < 4.78 is 14.2. The molecule has 0 radical (unpaired) electrons. The SMILES string of the molecule is O=C(CSc1nc(Cl)cc(N2CCN(c3ccccc3F)CC2)n1)NCCC(c1ccccc1)c1ccccc1. The fourth-order valence-electron chi connectivity index (χ4n) is 4.93. The van der Waals surface area contributed by atoms with E-state index < -0.39 is 0 Å². The van der Waals surface area contributed by atoms with Crippen molar-refractivity contribution in [3.63, 3.8) is 0 Å². The molecule has 1 aliphatic heterocycles. The Morgan fingerprint density at radius 2 is 1.48 bits per heavy atom. The molecule has 9 heteroatoms. The lowest BCUT2D eigenvalue weighted by molar-refractivity contribution is -0.118. The quantitative estimate of drug-likeness (QED) is 0.142. The third kappa shape index (κ3) is 7.31. The fraction of sp³-hybridized carbons (Fsp3) is 0.258. The summed E-state index contributed by atoms with van der Waals surface area (Å²) in [5.74, 6) is 0.821. The van der Waals surface area contributed by atoms with Crippen molar-refractivity contribution in [2.45, 2.75) is 17.5 Å². The van der Waals surface area contributed by atoms with Crippen molar-refractivity contribution in [3.8, 4) is 0 Å². The predicted molar refractivity (Wildman–Crippen MR) is 161 cm³/mol. The smallest absolute Gasteiger partial charge is 0.230 e. The van der Waals surface area contributed by atoms with E-state index in [1.165, 1.54) is 29.0 Å². The summed E-state index contributed by atoms with van der Waals surface area (Å²) in [6.07, 6.45) is 0.793. The summed E-state index contributed by atoms with van der Waals surface area (Å²) in [6, 6.07) is 29.3. The molecule has 1 saturated heterocycles. The van der Waals surface area contributed by atoms with Crippen LogP contribution < -0.4 is 15.1 Å². The molecule has 0 unspecified atom stereocenters. The van der Waals surface area contributed by atoms with Gasteiger partial charge in [-0.3, -0.25) is 4.79 Å². The number of halogens is 2. The van der Waals surface area contributed by atoms with Gasteiger partial charge < -0.3 is 15.1 Å². The van der Waals surface area contributed by atoms with Gasteiger partial charge in [-0.2, -0.15) is 0 Å². The molecule has 1 amide bonds. The van der Waals surface area contributed by atoms with Crippen LogP contribution in [0.1, 0.15) is 23.5 Å². The van der Waals surface area contributed by atoms with Gasteiger partial charge in [0.2, 0.25) is 5.91 Å². The average molecular weight is 576 g/mol. The van der Waals surface area contributed by atoms with E-state index in [4.69, 9.17) is 11.6 Å². The number of hydrogen-bond donors (Lipinski definition) is 1. The molecule has 1 aliphatic rings. The van der Waals surface area contributed by atoms with Gasteiger partial charge in [-0.25, -0.2) is 14.4 Å². The van der Waals surface area contributed by atoms with E-state index in [0.29, 0.717) is 54.5 Å². The van der Waals surface area contributed by atoms with E-state index in [-0.39, 0.29) is 23.4 Å². The van der Waals surface area contributed by atoms with Gasteiger partial charge in [0.1, 0.15) is 16.8 Å². The van der Waals surface area contributed by atoms with Crippen molar-refractivity contribution in [3.05, 3.63) is 113 Å². The summed E-state index contributed by atoms with van der Waals surface area (Å²) >= 11 is 7.58. The zero-order chi connectivity index (χ0) is 27.7. The Morgan fingerprint density at radius 3 is 2.12 bits per heavy atom. The van der Waals surface area contributed by atoms with Crippen LogP contribution in [-0.2, 0) is 4.79 Å². The van der Waals surface area contributed by atoms with Gasteiger partial charge in [0, 0.05) is 44.7 Å². The monoisotopic (exact) mass is 575 g/mol. The Kier molecular flexibility index (Phi) is 9.52. The summed E-state index contributed by atoms with van der Waals surface area (Å²) in [7, 11) is 0. The number of anilines is 2. The first kappa shape index (κ1) is 27.9. The number of rotatable bonds is 10.